The van der Waals surface area contributed by atoms with E-state index in [1.165, 1.54) is 24.5 Å². The Morgan fingerprint density at radius 1 is 1.14 bits per heavy atom. The quantitative estimate of drug-likeness (QED) is 0.325. The zero-order valence-electron chi connectivity index (χ0n) is 23.0. The smallest absolute Gasteiger partial charge is 0.254 e. The molecule has 3 N–H and O–H groups in total. The minimum atomic E-state index is -1.06. The number of halogens is 2. The van der Waals surface area contributed by atoms with Gasteiger partial charge in [0.2, 0.25) is 5.91 Å². The maximum atomic E-state index is 14.5. The van der Waals surface area contributed by atoms with E-state index in [0.29, 0.717) is 74.0 Å². The first-order valence-corrected chi connectivity index (χ1v) is 13.9. The summed E-state index contributed by atoms with van der Waals surface area (Å²) in [5, 5.41) is 16.0. The van der Waals surface area contributed by atoms with Gasteiger partial charge in [-0.05, 0) is 42.7 Å². The van der Waals surface area contributed by atoms with Crippen LogP contribution >= 0.6 is 0 Å². The molecule has 2 saturated heterocycles. The van der Waals surface area contributed by atoms with Gasteiger partial charge in [0, 0.05) is 68.0 Å². The largest absolute Gasteiger partial charge is 0.392 e. The summed E-state index contributed by atoms with van der Waals surface area (Å²) in [7, 11) is 0. The fourth-order valence-corrected chi connectivity index (χ4v) is 5.59. The average molecular weight is 575 g/mol. The number of carbonyl (C=O) groups is 2. The summed E-state index contributed by atoms with van der Waals surface area (Å²) in [4.78, 5) is 38.5. The van der Waals surface area contributed by atoms with Gasteiger partial charge in [-0.1, -0.05) is 13.0 Å². The average Bonchev–Trinajstić information content (AvgIpc) is 3.65. The first kappa shape index (κ1) is 27.7. The molecule has 0 spiro atoms. The highest BCUT2D eigenvalue weighted by Gasteiger charge is 2.33. The fourth-order valence-electron chi connectivity index (χ4n) is 5.59. The number of aryl methyl sites for hydroxylation is 1. The number of rotatable bonds is 6. The van der Waals surface area contributed by atoms with E-state index in [4.69, 9.17) is 0 Å². The Labute approximate surface area is 241 Å². The molecule has 10 nitrogen and oxygen atoms in total. The summed E-state index contributed by atoms with van der Waals surface area (Å²) in [5.74, 6) is -1.77. The Bertz CT molecular complexity index is 1650. The standard InChI is InChI=1S/C30H30F2N7O3/c1-2-18-14-19(36-27-28-35-17-25(39(28)9-8-33-27)22-4-3-5-23(31)26(22)32)6-7-21(18)29(41)37-10-12-38(13-11-37)30(42)24-15-20(40)16-34-24/h3-4,6-9,14,17,20,24,34,40H,2,10-13,15-16H2,1H3,(H,33,36)/t20-,24+/m1/s1. The lowest BCUT2D eigenvalue weighted by molar-refractivity contribution is -0.134. The van der Waals surface area contributed by atoms with Crippen LogP contribution in [0.4, 0.5) is 20.3 Å². The van der Waals surface area contributed by atoms with Crippen molar-refractivity contribution in [1.82, 2.24) is 29.5 Å². The summed E-state index contributed by atoms with van der Waals surface area (Å²) < 4.78 is 29.9. The molecule has 0 saturated carbocycles. The minimum absolute atomic E-state index is 0.0314. The Balaban J connectivity index is 1.17. The van der Waals surface area contributed by atoms with Gasteiger partial charge in [0.15, 0.2) is 23.1 Å². The molecule has 12 heteroatoms. The minimum Gasteiger partial charge on any atom is -0.392 e. The molecule has 2 aliphatic rings. The zero-order chi connectivity index (χ0) is 29.4. The van der Waals surface area contributed by atoms with Crippen LogP contribution < -0.4 is 10.6 Å². The molecule has 217 valence electrons. The number of carbonyl (C=O) groups excluding carboxylic acids is 2. The van der Waals surface area contributed by atoms with Gasteiger partial charge in [-0.15, -0.1) is 0 Å². The maximum absolute atomic E-state index is 14.5. The van der Waals surface area contributed by atoms with Gasteiger partial charge in [0.1, 0.15) is 0 Å². The predicted molar refractivity (Wildman–Crippen MR) is 151 cm³/mol. The lowest BCUT2D eigenvalue weighted by Gasteiger charge is -2.36. The Morgan fingerprint density at radius 3 is 2.67 bits per heavy atom. The summed E-state index contributed by atoms with van der Waals surface area (Å²) in [6, 6.07) is 10.1. The topological polar surface area (TPSA) is 115 Å². The van der Waals surface area contributed by atoms with Gasteiger partial charge >= 0.3 is 0 Å². The number of aromatic nitrogens is 3. The van der Waals surface area contributed by atoms with Crippen molar-refractivity contribution in [2.75, 3.05) is 38.0 Å². The van der Waals surface area contributed by atoms with Crippen LogP contribution in [0.5, 0.6) is 0 Å². The summed E-state index contributed by atoms with van der Waals surface area (Å²) >= 11 is 0. The van der Waals surface area contributed by atoms with E-state index >= 15 is 0 Å². The van der Waals surface area contributed by atoms with E-state index in [-0.39, 0.29) is 23.4 Å². The number of piperazine rings is 1. The monoisotopic (exact) mass is 574 g/mol. The van der Waals surface area contributed by atoms with Gasteiger partial charge < -0.3 is 25.5 Å². The normalized spacial score (nSPS) is 19.0. The Hall–Kier alpha value is -4.42. The number of anilines is 2. The molecular formula is C30H30F2N7O3. The van der Waals surface area contributed by atoms with Gasteiger partial charge in [-0.3, -0.25) is 14.0 Å². The molecule has 0 unspecified atom stereocenters. The van der Waals surface area contributed by atoms with Gasteiger partial charge in [-0.2, -0.15) is 0 Å². The third-order valence-electron chi connectivity index (χ3n) is 7.86. The van der Waals surface area contributed by atoms with Gasteiger partial charge in [0.05, 0.1) is 24.0 Å². The number of imidazole rings is 1. The van der Waals surface area contributed by atoms with Crippen LogP contribution in [-0.4, -0.2) is 86.0 Å². The van der Waals surface area contributed by atoms with Crippen molar-refractivity contribution in [3.05, 3.63) is 77.8 Å². The lowest BCUT2D eigenvalue weighted by Crippen LogP contribution is -2.54. The molecule has 4 aromatic rings. The van der Waals surface area contributed by atoms with E-state index in [9.17, 15) is 23.5 Å². The highest BCUT2D eigenvalue weighted by Crippen LogP contribution is 2.29. The van der Waals surface area contributed by atoms with Crippen LogP contribution in [0.15, 0.2) is 48.9 Å². The van der Waals surface area contributed by atoms with E-state index in [1.807, 2.05) is 13.0 Å². The van der Waals surface area contributed by atoms with E-state index < -0.39 is 17.7 Å². The molecule has 2 aliphatic heterocycles. The molecule has 42 heavy (non-hydrogen) atoms. The molecule has 2 aromatic heterocycles. The third kappa shape index (κ3) is 5.19. The number of nitrogens with zero attached hydrogens (tertiary/aromatic N) is 5. The van der Waals surface area contributed by atoms with Crippen molar-refractivity contribution in [2.45, 2.75) is 31.9 Å². The molecule has 0 aliphatic carbocycles. The molecule has 6 rings (SSSR count). The van der Waals surface area contributed by atoms with Crippen LogP contribution in [0.2, 0.25) is 0 Å². The van der Waals surface area contributed by atoms with Crippen molar-refractivity contribution in [3.63, 3.8) is 0 Å². The summed E-state index contributed by atoms with van der Waals surface area (Å²) in [6.07, 6.45) is 5.14. The number of nitrogens with one attached hydrogen (secondary N) is 2. The molecule has 2 aromatic carbocycles. The second-order valence-electron chi connectivity index (χ2n) is 10.5. The van der Waals surface area contributed by atoms with Crippen molar-refractivity contribution < 1.29 is 23.5 Å². The molecule has 2 atom stereocenters. The maximum Gasteiger partial charge on any atom is 0.254 e. The number of hydrogen-bond donors (Lipinski definition) is 3. The van der Waals surface area contributed by atoms with Crippen molar-refractivity contribution in [2.24, 2.45) is 0 Å². The number of fused-ring (bicyclic) bond motifs is 1. The first-order valence-electron chi connectivity index (χ1n) is 13.9. The highest BCUT2D eigenvalue weighted by atomic mass is 19.2. The molecule has 2 amide bonds. The number of aliphatic hydroxyl groups is 1. The SMILES string of the molecule is CCc1cc(Nc2nccn3c(-c4cc[c]c(F)c4F)cnc23)ccc1C(=O)N1CCN(C(=O)[C@@H]2C[C@@H](O)CN2)CC1. The Morgan fingerprint density at radius 2 is 1.93 bits per heavy atom. The van der Waals surface area contributed by atoms with E-state index in [2.05, 4.69) is 26.7 Å². The van der Waals surface area contributed by atoms with Gasteiger partial charge in [-0.25, -0.2) is 18.7 Å². The van der Waals surface area contributed by atoms with Crippen molar-refractivity contribution >= 4 is 29.0 Å². The van der Waals surface area contributed by atoms with E-state index in [0.717, 1.165) is 5.56 Å². The number of β-amino-alcohol motifs (C(OH)–C–C–N with tert-alkyl or cyclic N) is 1. The van der Waals surface area contributed by atoms with Crippen LogP contribution in [0.25, 0.3) is 16.9 Å². The van der Waals surface area contributed by atoms with Crippen molar-refractivity contribution in [1.29, 1.82) is 0 Å². The number of aliphatic hydroxyl groups excluding tert-OH is 1. The second kappa shape index (κ2) is 11.5. The zero-order valence-corrected chi connectivity index (χ0v) is 23.0. The van der Waals surface area contributed by atoms with Crippen LogP contribution in [0.3, 0.4) is 0 Å². The summed E-state index contributed by atoms with van der Waals surface area (Å²) in [6.45, 7) is 4.14. The highest BCUT2D eigenvalue weighted by molar-refractivity contribution is 5.96. The fraction of sp³-hybridized carbons (Fsp3) is 0.333. The summed E-state index contributed by atoms with van der Waals surface area (Å²) in [5.41, 5.74) is 2.99. The molecular weight excluding hydrogens is 544 g/mol. The van der Waals surface area contributed by atoms with E-state index in [1.54, 1.807) is 32.5 Å². The molecule has 0 bridgehead atoms. The first-order chi connectivity index (χ1) is 20.3. The van der Waals surface area contributed by atoms with Crippen molar-refractivity contribution in [3.8, 4) is 11.3 Å². The van der Waals surface area contributed by atoms with Crippen LogP contribution in [-0.2, 0) is 11.2 Å². The van der Waals surface area contributed by atoms with Gasteiger partial charge in [0.25, 0.3) is 5.91 Å². The molecule has 2 fully saturated rings. The lowest BCUT2D eigenvalue weighted by atomic mass is 10.0. The number of hydrogen-bond acceptors (Lipinski definition) is 7. The van der Waals surface area contributed by atoms with Crippen LogP contribution in [0.1, 0.15) is 29.3 Å². The number of amides is 2. The molecule has 4 heterocycles. The Kier molecular flexibility index (Phi) is 7.56. The number of benzene rings is 2. The third-order valence-corrected chi connectivity index (χ3v) is 7.86. The predicted octanol–water partition coefficient (Wildman–Crippen LogP) is 2.79. The molecule has 1 radical (unpaired) electrons. The van der Waals surface area contributed by atoms with Crippen LogP contribution in [0, 0.1) is 17.7 Å². The second-order valence-corrected chi connectivity index (χ2v) is 10.5.